The standard InChI is InChI=1S/C16H24F2N2O4.ClH/c1-4-22-12-7-11(15(21)20-10-16(17,18)9-19)8-13(23-5-2)14(12)24-6-3;/h7-8H,4-6,9-10,19H2,1-3H3,(H,20,21);1H. The average Bonchev–Trinajstić information content (AvgIpc) is 2.56. The van der Waals surface area contributed by atoms with Crippen molar-refractivity contribution in [3.05, 3.63) is 17.7 Å². The molecule has 0 unspecified atom stereocenters. The number of hydrogen-bond acceptors (Lipinski definition) is 5. The van der Waals surface area contributed by atoms with Crippen molar-refractivity contribution in [3.8, 4) is 17.2 Å². The summed E-state index contributed by atoms with van der Waals surface area (Å²) in [7, 11) is 0. The molecule has 0 aliphatic heterocycles. The molecule has 144 valence electrons. The Hall–Kier alpha value is -1.80. The maximum absolute atomic E-state index is 13.2. The fourth-order valence-corrected chi connectivity index (χ4v) is 1.90. The molecule has 9 heteroatoms. The fraction of sp³-hybridized carbons (Fsp3) is 0.562. The Morgan fingerprint density at radius 1 is 1.08 bits per heavy atom. The topological polar surface area (TPSA) is 82.8 Å². The van der Waals surface area contributed by atoms with Gasteiger partial charge in [0.2, 0.25) is 5.75 Å². The Balaban J connectivity index is 0.00000576. The highest BCUT2D eigenvalue weighted by Crippen LogP contribution is 2.39. The first kappa shape index (κ1) is 23.2. The summed E-state index contributed by atoms with van der Waals surface area (Å²) in [5.41, 5.74) is 5.09. The Kier molecular flexibility index (Phi) is 10.2. The first-order valence-electron chi connectivity index (χ1n) is 7.81. The molecule has 0 saturated heterocycles. The molecule has 0 bridgehead atoms. The summed E-state index contributed by atoms with van der Waals surface area (Å²) in [6.07, 6.45) is 0. The molecule has 0 aliphatic rings. The molecule has 6 nitrogen and oxygen atoms in total. The average molecular weight is 383 g/mol. The van der Waals surface area contributed by atoms with Crippen LogP contribution in [-0.4, -0.2) is 44.7 Å². The number of rotatable bonds is 10. The summed E-state index contributed by atoms with van der Waals surface area (Å²) in [6, 6.07) is 2.87. The molecule has 1 aromatic rings. The van der Waals surface area contributed by atoms with E-state index in [4.69, 9.17) is 19.9 Å². The van der Waals surface area contributed by atoms with E-state index in [9.17, 15) is 13.6 Å². The van der Waals surface area contributed by atoms with Crippen molar-refractivity contribution in [1.82, 2.24) is 5.32 Å². The van der Waals surface area contributed by atoms with Gasteiger partial charge in [-0.3, -0.25) is 4.79 Å². The van der Waals surface area contributed by atoms with Crippen molar-refractivity contribution in [1.29, 1.82) is 0 Å². The molecule has 0 heterocycles. The third-order valence-electron chi connectivity index (χ3n) is 2.98. The van der Waals surface area contributed by atoms with Crippen molar-refractivity contribution in [3.63, 3.8) is 0 Å². The van der Waals surface area contributed by atoms with Crippen LogP contribution in [0.5, 0.6) is 17.2 Å². The summed E-state index contributed by atoms with van der Waals surface area (Å²) in [4.78, 5) is 12.2. The number of carbonyl (C=O) groups is 1. The lowest BCUT2D eigenvalue weighted by Gasteiger charge is -2.18. The van der Waals surface area contributed by atoms with Crippen LogP contribution in [0.3, 0.4) is 0 Å². The maximum Gasteiger partial charge on any atom is 0.277 e. The third-order valence-corrected chi connectivity index (χ3v) is 2.98. The molecule has 0 saturated carbocycles. The summed E-state index contributed by atoms with van der Waals surface area (Å²) in [6.45, 7) is 4.77. The fourth-order valence-electron chi connectivity index (χ4n) is 1.90. The Morgan fingerprint density at radius 2 is 1.56 bits per heavy atom. The lowest BCUT2D eigenvalue weighted by molar-refractivity contribution is 0.0118. The Morgan fingerprint density at radius 3 is 1.96 bits per heavy atom. The van der Waals surface area contributed by atoms with Crippen LogP contribution in [0.25, 0.3) is 0 Å². The molecule has 0 fully saturated rings. The van der Waals surface area contributed by atoms with Crippen LogP contribution in [0.15, 0.2) is 12.1 Å². The van der Waals surface area contributed by atoms with E-state index in [0.717, 1.165) is 0 Å². The van der Waals surface area contributed by atoms with Gasteiger partial charge < -0.3 is 25.3 Å². The molecular weight excluding hydrogens is 358 g/mol. The summed E-state index contributed by atoms with van der Waals surface area (Å²) in [5.74, 6) is -2.81. The molecular formula is C16H25ClF2N2O4. The zero-order chi connectivity index (χ0) is 18.2. The van der Waals surface area contributed by atoms with Gasteiger partial charge in [-0.25, -0.2) is 8.78 Å². The molecule has 0 atom stereocenters. The monoisotopic (exact) mass is 382 g/mol. The van der Waals surface area contributed by atoms with E-state index >= 15 is 0 Å². The second-order valence-corrected chi connectivity index (χ2v) is 4.84. The molecule has 0 aromatic heterocycles. The summed E-state index contributed by atoms with van der Waals surface area (Å²) >= 11 is 0. The first-order chi connectivity index (χ1) is 11.4. The van der Waals surface area contributed by atoms with E-state index in [0.29, 0.717) is 37.1 Å². The highest BCUT2D eigenvalue weighted by atomic mass is 35.5. The van der Waals surface area contributed by atoms with E-state index < -0.39 is 24.9 Å². The Bertz CT molecular complexity index is 532. The molecule has 0 radical (unpaired) electrons. The van der Waals surface area contributed by atoms with Gasteiger partial charge in [0.15, 0.2) is 11.5 Å². The molecule has 25 heavy (non-hydrogen) atoms. The smallest absolute Gasteiger partial charge is 0.277 e. The minimum Gasteiger partial charge on any atom is -0.490 e. The molecule has 1 rings (SSSR count). The van der Waals surface area contributed by atoms with Crippen LogP contribution < -0.4 is 25.3 Å². The number of nitrogens with two attached hydrogens (primary N) is 1. The number of benzene rings is 1. The van der Waals surface area contributed by atoms with Crippen molar-refractivity contribution in [2.24, 2.45) is 5.73 Å². The minimum atomic E-state index is -3.16. The van der Waals surface area contributed by atoms with Crippen LogP contribution in [0, 0.1) is 0 Å². The molecule has 1 aromatic carbocycles. The second-order valence-electron chi connectivity index (χ2n) is 4.84. The first-order valence-corrected chi connectivity index (χ1v) is 7.81. The number of amides is 1. The van der Waals surface area contributed by atoms with Crippen molar-refractivity contribution < 1.29 is 27.8 Å². The van der Waals surface area contributed by atoms with Gasteiger partial charge in [0.05, 0.1) is 32.9 Å². The number of halogens is 3. The lowest BCUT2D eigenvalue weighted by Crippen LogP contribution is -2.41. The number of carbonyl (C=O) groups excluding carboxylic acids is 1. The van der Waals surface area contributed by atoms with E-state index in [-0.39, 0.29) is 18.0 Å². The zero-order valence-corrected chi connectivity index (χ0v) is 15.4. The number of ether oxygens (including phenoxy) is 3. The Labute approximate surface area is 152 Å². The van der Waals surface area contributed by atoms with Gasteiger partial charge in [0, 0.05) is 5.56 Å². The summed E-state index contributed by atoms with van der Waals surface area (Å²) in [5, 5.41) is 2.16. The van der Waals surface area contributed by atoms with Gasteiger partial charge in [-0.1, -0.05) is 0 Å². The number of alkyl halides is 2. The predicted octanol–water partition coefficient (Wildman–Crippen LogP) is 2.63. The van der Waals surface area contributed by atoms with Crippen LogP contribution in [0.2, 0.25) is 0 Å². The molecule has 0 aliphatic carbocycles. The highest BCUT2D eigenvalue weighted by Gasteiger charge is 2.28. The lowest BCUT2D eigenvalue weighted by atomic mass is 10.1. The van der Waals surface area contributed by atoms with E-state index in [1.54, 1.807) is 20.8 Å². The number of nitrogens with one attached hydrogen (secondary N) is 1. The zero-order valence-electron chi connectivity index (χ0n) is 14.6. The van der Waals surface area contributed by atoms with E-state index in [2.05, 4.69) is 5.32 Å². The van der Waals surface area contributed by atoms with Crippen LogP contribution in [-0.2, 0) is 0 Å². The van der Waals surface area contributed by atoms with Gasteiger partial charge in [0.1, 0.15) is 0 Å². The molecule has 0 spiro atoms. The van der Waals surface area contributed by atoms with Gasteiger partial charge in [0.25, 0.3) is 11.8 Å². The quantitative estimate of drug-likeness (QED) is 0.650. The summed E-state index contributed by atoms with van der Waals surface area (Å²) < 4.78 is 42.9. The minimum absolute atomic E-state index is 0. The van der Waals surface area contributed by atoms with Crippen LogP contribution in [0.1, 0.15) is 31.1 Å². The van der Waals surface area contributed by atoms with Gasteiger partial charge in [-0.15, -0.1) is 12.4 Å². The normalized spacial score (nSPS) is 10.6. The van der Waals surface area contributed by atoms with Crippen LogP contribution in [0.4, 0.5) is 8.78 Å². The van der Waals surface area contributed by atoms with Crippen molar-refractivity contribution >= 4 is 18.3 Å². The molecule has 3 N–H and O–H groups in total. The van der Waals surface area contributed by atoms with Crippen molar-refractivity contribution in [2.75, 3.05) is 32.9 Å². The highest BCUT2D eigenvalue weighted by molar-refractivity contribution is 5.95. The van der Waals surface area contributed by atoms with Crippen LogP contribution >= 0.6 is 12.4 Å². The predicted molar refractivity (Wildman–Crippen MR) is 93.5 cm³/mol. The van der Waals surface area contributed by atoms with Gasteiger partial charge in [-0.2, -0.15) is 0 Å². The van der Waals surface area contributed by atoms with Crippen molar-refractivity contribution in [2.45, 2.75) is 26.7 Å². The van der Waals surface area contributed by atoms with Gasteiger partial charge in [-0.05, 0) is 32.9 Å². The largest absolute Gasteiger partial charge is 0.490 e. The number of hydrogen-bond donors (Lipinski definition) is 2. The third kappa shape index (κ3) is 6.91. The SMILES string of the molecule is CCOc1cc(C(=O)NCC(F)(F)CN)cc(OCC)c1OCC.Cl. The molecule has 1 amide bonds. The maximum atomic E-state index is 13.2. The van der Waals surface area contributed by atoms with E-state index in [1.165, 1.54) is 12.1 Å². The van der Waals surface area contributed by atoms with Gasteiger partial charge >= 0.3 is 0 Å². The van der Waals surface area contributed by atoms with E-state index in [1.807, 2.05) is 0 Å². The second kappa shape index (κ2) is 10.9.